The number of rotatable bonds is 3. The average molecular weight is 199 g/mol. The molecule has 0 fully saturated rings. The molecular formula is C9H10FNO3. The largest absolute Gasteiger partial charge is 0.508 e. The van der Waals surface area contributed by atoms with Gasteiger partial charge >= 0.3 is 5.97 Å². The van der Waals surface area contributed by atoms with E-state index in [-0.39, 0.29) is 17.7 Å². The molecule has 1 rings (SSSR count). The molecule has 76 valence electrons. The van der Waals surface area contributed by atoms with E-state index in [1.807, 2.05) is 0 Å². The van der Waals surface area contributed by atoms with E-state index in [1.54, 1.807) is 0 Å². The van der Waals surface area contributed by atoms with Gasteiger partial charge in [-0.15, -0.1) is 0 Å². The number of nitrogens with two attached hydrogens (primary N) is 1. The van der Waals surface area contributed by atoms with Gasteiger partial charge in [-0.3, -0.25) is 4.79 Å². The van der Waals surface area contributed by atoms with Crippen LogP contribution in [0, 0.1) is 5.82 Å². The quantitative estimate of drug-likeness (QED) is 0.678. The van der Waals surface area contributed by atoms with Crippen molar-refractivity contribution in [2.75, 3.05) is 0 Å². The number of phenolic OH excluding ortho intramolecular Hbond substituents is 1. The van der Waals surface area contributed by atoms with Gasteiger partial charge in [0.15, 0.2) is 0 Å². The molecule has 0 radical (unpaired) electrons. The highest BCUT2D eigenvalue weighted by Crippen LogP contribution is 2.20. The van der Waals surface area contributed by atoms with Gasteiger partial charge in [-0.2, -0.15) is 0 Å². The molecule has 0 amide bonds. The van der Waals surface area contributed by atoms with Gasteiger partial charge in [0.05, 0.1) is 6.42 Å². The molecule has 0 saturated heterocycles. The van der Waals surface area contributed by atoms with Crippen molar-refractivity contribution < 1.29 is 19.4 Å². The maximum Gasteiger partial charge on any atom is 0.305 e. The second-order valence-corrected chi connectivity index (χ2v) is 2.95. The summed E-state index contributed by atoms with van der Waals surface area (Å²) in [6.45, 7) is 0. The number of carboxylic acid groups (broad SMARTS) is 1. The Morgan fingerprint density at radius 3 is 2.64 bits per heavy atom. The Kier molecular flexibility index (Phi) is 3.03. The van der Waals surface area contributed by atoms with Crippen molar-refractivity contribution in [3.63, 3.8) is 0 Å². The molecule has 1 atom stereocenters. The van der Waals surface area contributed by atoms with Crippen molar-refractivity contribution in [2.45, 2.75) is 12.5 Å². The van der Waals surface area contributed by atoms with Crippen LogP contribution in [0.5, 0.6) is 5.75 Å². The average Bonchev–Trinajstić information content (AvgIpc) is 2.00. The summed E-state index contributed by atoms with van der Waals surface area (Å²) >= 11 is 0. The summed E-state index contributed by atoms with van der Waals surface area (Å²) in [5.74, 6) is -1.97. The van der Waals surface area contributed by atoms with Crippen LogP contribution in [0.25, 0.3) is 0 Å². The van der Waals surface area contributed by atoms with Crippen molar-refractivity contribution in [1.82, 2.24) is 0 Å². The molecule has 0 saturated carbocycles. The highest BCUT2D eigenvalue weighted by Gasteiger charge is 2.12. The van der Waals surface area contributed by atoms with Crippen LogP contribution >= 0.6 is 0 Å². The zero-order valence-corrected chi connectivity index (χ0v) is 7.27. The molecule has 0 heterocycles. The van der Waals surface area contributed by atoms with Crippen molar-refractivity contribution in [3.05, 3.63) is 29.6 Å². The highest BCUT2D eigenvalue weighted by atomic mass is 19.1. The van der Waals surface area contributed by atoms with E-state index in [4.69, 9.17) is 15.9 Å². The number of aromatic hydroxyl groups is 1. The fourth-order valence-corrected chi connectivity index (χ4v) is 1.12. The summed E-state index contributed by atoms with van der Waals surface area (Å²) in [5, 5.41) is 17.5. The lowest BCUT2D eigenvalue weighted by molar-refractivity contribution is -0.137. The summed E-state index contributed by atoms with van der Waals surface area (Å²) in [5.41, 5.74) is 5.74. The number of halogens is 1. The Hall–Kier alpha value is -1.62. The first-order valence-corrected chi connectivity index (χ1v) is 3.96. The summed E-state index contributed by atoms with van der Waals surface area (Å²) in [7, 11) is 0. The molecule has 0 aromatic heterocycles. The Bertz CT molecular complexity index is 334. The Morgan fingerprint density at radius 2 is 2.14 bits per heavy atom. The van der Waals surface area contributed by atoms with Gasteiger partial charge < -0.3 is 15.9 Å². The minimum absolute atomic E-state index is 0.263. The van der Waals surface area contributed by atoms with E-state index in [2.05, 4.69) is 0 Å². The molecule has 0 bridgehead atoms. The van der Waals surface area contributed by atoms with Crippen molar-refractivity contribution in [1.29, 1.82) is 0 Å². The third-order valence-electron chi connectivity index (χ3n) is 1.73. The normalized spacial score (nSPS) is 12.4. The fourth-order valence-electron chi connectivity index (χ4n) is 1.12. The number of hydrogen-bond acceptors (Lipinski definition) is 3. The number of carboxylic acids is 1. The number of phenols is 1. The van der Waals surface area contributed by atoms with Crippen molar-refractivity contribution in [2.24, 2.45) is 5.73 Å². The van der Waals surface area contributed by atoms with Gasteiger partial charge in [-0.25, -0.2) is 4.39 Å². The molecular weight excluding hydrogens is 189 g/mol. The molecule has 0 spiro atoms. The zero-order chi connectivity index (χ0) is 10.7. The third-order valence-corrected chi connectivity index (χ3v) is 1.73. The van der Waals surface area contributed by atoms with E-state index >= 15 is 0 Å². The standard InChI is InChI=1S/C9H10FNO3/c10-6-1-5(2-7(12)3-6)8(11)4-9(13)14/h1-3,8,12H,4,11H2,(H,13,14). The molecule has 1 aromatic rings. The van der Waals surface area contributed by atoms with E-state index in [9.17, 15) is 9.18 Å². The first-order valence-electron chi connectivity index (χ1n) is 3.96. The number of carbonyl (C=O) groups is 1. The minimum Gasteiger partial charge on any atom is -0.508 e. The predicted octanol–water partition coefficient (Wildman–Crippen LogP) is 1.01. The van der Waals surface area contributed by atoms with Gasteiger partial charge in [0, 0.05) is 12.1 Å². The van der Waals surface area contributed by atoms with Crippen LogP contribution in [0.15, 0.2) is 18.2 Å². The smallest absolute Gasteiger partial charge is 0.305 e. The van der Waals surface area contributed by atoms with E-state index < -0.39 is 17.8 Å². The second-order valence-electron chi connectivity index (χ2n) is 2.95. The topological polar surface area (TPSA) is 83.6 Å². The van der Waals surface area contributed by atoms with Crippen LogP contribution in [0.1, 0.15) is 18.0 Å². The van der Waals surface area contributed by atoms with Crippen LogP contribution in [-0.2, 0) is 4.79 Å². The highest BCUT2D eigenvalue weighted by molar-refractivity contribution is 5.67. The fraction of sp³-hybridized carbons (Fsp3) is 0.222. The summed E-state index contributed by atoms with van der Waals surface area (Å²) in [6, 6.07) is 2.47. The van der Waals surface area contributed by atoms with Gasteiger partial charge in [0.2, 0.25) is 0 Å². The molecule has 0 aliphatic heterocycles. The van der Waals surface area contributed by atoms with Crippen LogP contribution in [0.4, 0.5) is 4.39 Å². The second kappa shape index (κ2) is 4.06. The molecule has 5 heteroatoms. The van der Waals surface area contributed by atoms with E-state index in [0.717, 1.165) is 12.1 Å². The van der Waals surface area contributed by atoms with Crippen LogP contribution in [-0.4, -0.2) is 16.2 Å². The van der Waals surface area contributed by atoms with Gasteiger partial charge in [0.25, 0.3) is 0 Å². The van der Waals surface area contributed by atoms with Gasteiger partial charge in [-0.05, 0) is 17.7 Å². The first kappa shape index (κ1) is 10.5. The SMILES string of the molecule is NC(CC(=O)O)c1cc(O)cc(F)c1. The minimum atomic E-state index is -1.07. The summed E-state index contributed by atoms with van der Waals surface area (Å²) in [6.07, 6.45) is -0.303. The first-order chi connectivity index (χ1) is 6.49. The van der Waals surface area contributed by atoms with Crippen LogP contribution in [0.3, 0.4) is 0 Å². The van der Waals surface area contributed by atoms with Crippen molar-refractivity contribution in [3.8, 4) is 5.75 Å². The third kappa shape index (κ3) is 2.70. The van der Waals surface area contributed by atoms with Crippen LogP contribution in [0.2, 0.25) is 0 Å². The maximum absolute atomic E-state index is 12.8. The summed E-state index contributed by atoms with van der Waals surface area (Å²) in [4.78, 5) is 10.3. The van der Waals surface area contributed by atoms with Crippen molar-refractivity contribution >= 4 is 5.97 Å². The lowest BCUT2D eigenvalue weighted by Gasteiger charge is -2.09. The number of hydrogen-bond donors (Lipinski definition) is 3. The molecule has 4 N–H and O–H groups in total. The molecule has 0 aliphatic rings. The van der Waals surface area contributed by atoms with Gasteiger partial charge in [-0.1, -0.05) is 0 Å². The molecule has 1 unspecified atom stereocenters. The molecule has 1 aromatic carbocycles. The Morgan fingerprint density at radius 1 is 1.50 bits per heavy atom. The van der Waals surface area contributed by atoms with Gasteiger partial charge in [0.1, 0.15) is 11.6 Å². The Labute approximate surface area is 79.8 Å². The molecule has 14 heavy (non-hydrogen) atoms. The summed E-state index contributed by atoms with van der Waals surface area (Å²) < 4.78 is 12.8. The van der Waals surface area contributed by atoms with Crippen LogP contribution < -0.4 is 5.73 Å². The van der Waals surface area contributed by atoms with E-state index in [1.165, 1.54) is 6.07 Å². The van der Waals surface area contributed by atoms with E-state index in [0.29, 0.717) is 0 Å². The zero-order valence-electron chi connectivity index (χ0n) is 7.27. The maximum atomic E-state index is 12.8. The lowest BCUT2D eigenvalue weighted by Crippen LogP contribution is -2.15. The molecule has 0 aliphatic carbocycles. The number of benzene rings is 1. The monoisotopic (exact) mass is 199 g/mol. The number of aliphatic carboxylic acids is 1. The molecule has 4 nitrogen and oxygen atoms in total. The lowest BCUT2D eigenvalue weighted by atomic mass is 10.0. The Balaban J connectivity index is 2.89. The predicted molar refractivity (Wildman–Crippen MR) is 47.2 cm³/mol.